The van der Waals surface area contributed by atoms with Gasteiger partial charge in [0, 0.05) is 22.9 Å². The van der Waals surface area contributed by atoms with Gasteiger partial charge in [0.25, 0.3) is 0 Å². The van der Waals surface area contributed by atoms with Crippen molar-refractivity contribution in [2.24, 2.45) is 0 Å². The molecule has 1 atom stereocenters. The highest BCUT2D eigenvalue weighted by atomic mass is 19.4. The van der Waals surface area contributed by atoms with Gasteiger partial charge in [-0.2, -0.15) is 13.2 Å². The molecule has 0 spiro atoms. The van der Waals surface area contributed by atoms with E-state index in [1.807, 2.05) is 31.2 Å². The van der Waals surface area contributed by atoms with Crippen LogP contribution in [-0.4, -0.2) is 15.1 Å². The van der Waals surface area contributed by atoms with Crippen LogP contribution in [0.3, 0.4) is 0 Å². The van der Waals surface area contributed by atoms with E-state index in [1.165, 1.54) is 18.5 Å². The summed E-state index contributed by atoms with van der Waals surface area (Å²) in [7, 11) is 0. The lowest BCUT2D eigenvalue weighted by molar-refractivity contribution is -0.137. The highest BCUT2D eigenvalue weighted by Gasteiger charge is 2.30. The smallest absolute Gasteiger partial charge is 0.388 e. The second-order valence-corrected chi connectivity index (χ2v) is 6.38. The van der Waals surface area contributed by atoms with Gasteiger partial charge < -0.3 is 10.4 Å². The third kappa shape index (κ3) is 4.67. The van der Waals surface area contributed by atoms with E-state index in [-0.39, 0.29) is 0 Å². The van der Waals surface area contributed by atoms with Gasteiger partial charge in [0.1, 0.15) is 12.1 Å². The predicted octanol–water partition coefficient (Wildman–Crippen LogP) is 5.74. The number of aliphatic hydroxyl groups is 1. The topological polar surface area (TPSA) is 58.0 Å². The molecule has 1 aromatic heterocycles. The summed E-state index contributed by atoms with van der Waals surface area (Å²) < 4.78 is 38.2. The summed E-state index contributed by atoms with van der Waals surface area (Å²) >= 11 is 0. The maximum absolute atomic E-state index is 12.7. The normalized spacial score (nSPS) is 12.6. The Balaban J connectivity index is 1.85. The predicted molar refractivity (Wildman–Crippen MR) is 102 cm³/mol. The zero-order chi connectivity index (χ0) is 20.1. The third-order valence-corrected chi connectivity index (χ3v) is 4.32. The minimum atomic E-state index is -4.38. The Kier molecular flexibility index (Phi) is 5.94. The van der Waals surface area contributed by atoms with E-state index in [0.717, 1.165) is 29.8 Å². The van der Waals surface area contributed by atoms with Crippen LogP contribution in [0.1, 0.15) is 37.0 Å². The molecule has 0 aliphatic heterocycles. The van der Waals surface area contributed by atoms with Crippen molar-refractivity contribution in [1.29, 1.82) is 0 Å². The molecule has 1 unspecified atom stereocenters. The first-order valence-corrected chi connectivity index (χ1v) is 8.92. The minimum absolute atomic E-state index is 0.487. The zero-order valence-corrected chi connectivity index (χ0v) is 15.2. The van der Waals surface area contributed by atoms with Gasteiger partial charge in [-0.25, -0.2) is 9.97 Å². The fourth-order valence-corrected chi connectivity index (χ4v) is 2.88. The lowest BCUT2D eigenvalue weighted by Gasteiger charge is -2.16. The number of anilines is 2. The van der Waals surface area contributed by atoms with Gasteiger partial charge in [0.15, 0.2) is 0 Å². The molecule has 28 heavy (non-hydrogen) atoms. The first-order chi connectivity index (χ1) is 13.4. The van der Waals surface area contributed by atoms with Crippen LogP contribution >= 0.6 is 0 Å². The van der Waals surface area contributed by atoms with E-state index in [4.69, 9.17) is 0 Å². The van der Waals surface area contributed by atoms with E-state index < -0.39 is 17.8 Å². The average Bonchev–Trinajstić information content (AvgIpc) is 2.68. The number of hydrogen-bond donors (Lipinski definition) is 2. The molecule has 3 aromatic rings. The van der Waals surface area contributed by atoms with Crippen LogP contribution < -0.4 is 5.32 Å². The molecule has 1 heterocycles. The molecule has 2 aromatic carbocycles. The molecule has 0 saturated heterocycles. The summed E-state index contributed by atoms with van der Waals surface area (Å²) in [6.45, 7) is 2.00. The van der Waals surface area contributed by atoms with Crippen molar-refractivity contribution in [2.75, 3.05) is 5.32 Å². The number of alkyl halides is 3. The minimum Gasteiger partial charge on any atom is -0.388 e. The van der Waals surface area contributed by atoms with E-state index in [1.54, 1.807) is 6.07 Å². The largest absolute Gasteiger partial charge is 0.416 e. The van der Waals surface area contributed by atoms with E-state index in [0.29, 0.717) is 23.5 Å². The quantitative estimate of drug-likeness (QED) is 0.566. The molecule has 0 fully saturated rings. The Bertz CT molecular complexity index is 927. The maximum Gasteiger partial charge on any atom is 0.416 e. The Morgan fingerprint density at radius 3 is 2.43 bits per heavy atom. The standard InChI is InChI=1S/C21H20F3N3O/c1-2-5-19(28)16-6-3-4-7-17(16)27-20-12-18(25-13-26-20)14-8-10-15(11-9-14)21(22,23)24/h3-4,6-13,19,28H,2,5H2,1H3,(H,25,26,27). The average molecular weight is 387 g/mol. The van der Waals surface area contributed by atoms with Crippen molar-refractivity contribution in [3.63, 3.8) is 0 Å². The lowest BCUT2D eigenvalue weighted by atomic mass is 10.0. The van der Waals surface area contributed by atoms with Crippen molar-refractivity contribution in [3.8, 4) is 11.3 Å². The number of nitrogens with one attached hydrogen (secondary N) is 1. The van der Waals surface area contributed by atoms with Crippen molar-refractivity contribution >= 4 is 11.5 Å². The second-order valence-electron chi connectivity index (χ2n) is 6.38. The monoisotopic (exact) mass is 387 g/mol. The fourth-order valence-electron chi connectivity index (χ4n) is 2.88. The van der Waals surface area contributed by atoms with Gasteiger partial charge in [-0.1, -0.05) is 43.7 Å². The van der Waals surface area contributed by atoms with Crippen LogP contribution in [0.25, 0.3) is 11.3 Å². The summed E-state index contributed by atoms with van der Waals surface area (Å²) in [5.74, 6) is 0.487. The van der Waals surface area contributed by atoms with E-state index in [9.17, 15) is 18.3 Å². The molecule has 7 heteroatoms. The molecule has 3 rings (SSSR count). The van der Waals surface area contributed by atoms with Gasteiger partial charge in [-0.05, 0) is 24.6 Å². The van der Waals surface area contributed by atoms with Crippen LogP contribution in [0.2, 0.25) is 0 Å². The van der Waals surface area contributed by atoms with Gasteiger partial charge in [0.2, 0.25) is 0 Å². The maximum atomic E-state index is 12.7. The molecular formula is C21H20F3N3O. The number of nitrogens with zero attached hydrogens (tertiary/aromatic N) is 2. The number of hydrogen-bond acceptors (Lipinski definition) is 4. The Labute approximate surface area is 161 Å². The number of aromatic nitrogens is 2. The SMILES string of the molecule is CCCC(O)c1ccccc1Nc1cc(-c2ccc(C(F)(F)F)cc2)ncn1. The number of para-hydroxylation sites is 1. The number of halogens is 3. The van der Waals surface area contributed by atoms with Gasteiger partial charge in [-0.15, -0.1) is 0 Å². The van der Waals surface area contributed by atoms with Crippen LogP contribution in [0.4, 0.5) is 24.7 Å². The van der Waals surface area contributed by atoms with Crippen molar-refractivity contribution in [2.45, 2.75) is 32.0 Å². The summed E-state index contributed by atoms with van der Waals surface area (Å²) in [5, 5.41) is 13.5. The van der Waals surface area contributed by atoms with Gasteiger partial charge >= 0.3 is 6.18 Å². The lowest BCUT2D eigenvalue weighted by Crippen LogP contribution is -2.04. The molecule has 0 radical (unpaired) electrons. The van der Waals surface area contributed by atoms with Crippen LogP contribution in [0, 0.1) is 0 Å². The summed E-state index contributed by atoms with van der Waals surface area (Å²) in [4.78, 5) is 8.33. The van der Waals surface area contributed by atoms with Gasteiger partial charge in [0.05, 0.1) is 17.4 Å². The van der Waals surface area contributed by atoms with Crippen LogP contribution in [-0.2, 0) is 6.18 Å². The van der Waals surface area contributed by atoms with E-state index >= 15 is 0 Å². The summed E-state index contributed by atoms with van der Waals surface area (Å²) in [6.07, 6.45) is -2.13. The molecular weight excluding hydrogens is 367 g/mol. The summed E-state index contributed by atoms with van der Waals surface area (Å²) in [6, 6.07) is 13.9. The highest BCUT2D eigenvalue weighted by Crippen LogP contribution is 2.32. The molecule has 2 N–H and O–H groups in total. The van der Waals surface area contributed by atoms with Crippen molar-refractivity contribution in [1.82, 2.24) is 9.97 Å². The zero-order valence-electron chi connectivity index (χ0n) is 15.2. The highest BCUT2D eigenvalue weighted by molar-refractivity contribution is 5.67. The van der Waals surface area contributed by atoms with Gasteiger partial charge in [-0.3, -0.25) is 0 Å². The third-order valence-electron chi connectivity index (χ3n) is 4.32. The Hall–Kier alpha value is -2.93. The second kappa shape index (κ2) is 8.39. The molecule has 0 aliphatic rings. The van der Waals surface area contributed by atoms with Crippen molar-refractivity contribution < 1.29 is 18.3 Å². The van der Waals surface area contributed by atoms with Crippen LogP contribution in [0.5, 0.6) is 0 Å². The molecule has 0 saturated carbocycles. The molecule has 0 bridgehead atoms. The molecule has 0 aliphatic carbocycles. The fraction of sp³-hybridized carbons (Fsp3) is 0.238. The molecule has 4 nitrogen and oxygen atoms in total. The Morgan fingerprint density at radius 1 is 1.04 bits per heavy atom. The number of benzene rings is 2. The number of aliphatic hydroxyl groups excluding tert-OH is 1. The molecule has 146 valence electrons. The Morgan fingerprint density at radius 2 is 1.75 bits per heavy atom. The summed E-state index contributed by atoms with van der Waals surface area (Å²) in [5.41, 5.74) is 1.83. The van der Waals surface area contributed by atoms with E-state index in [2.05, 4.69) is 15.3 Å². The number of rotatable bonds is 6. The van der Waals surface area contributed by atoms with Crippen molar-refractivity contribution in [3.05, 3.63) is 72.1 Å². The van der Waals surface area contributed by atoms with Crippen LogP contribution in [0.15, 0.2) is 60.9 Å². The first-order valence-electron chi connectivity index (χ1n) is 8.92. The first kappa shape index (κ1) is 19.8. The molecule has 0 amide bonds.